The summed E-state index contributed by atoms with van der Waals surface area (Å²) in [5.74, 6) is 0.00373. The Morgan fingerprint density at radius 1 is 1.08 bits per heavy atom. The summed E-state index contributed by atoms with van der Waals surface area (Å²) in [4.78, 5) is 12.8. The number of aryl methyl sites for hydroxylation is 2. The first-order valence-corrected chi connectivity index (χ1v) is 8.47. The maximum absolute atomic E-state index is 13.2. The van der Waals surface area contributed by atoms with Crippen LogP contribution in [-0.4, -0.2) is 15.6 Å². The topological polar surface area (TPSA) is 34.9 Å². The number of ketones is 1. The third kappa shape index (κ3) is 2.78. The number of carbonyl (C=O) groups is 1. The number of carbonyl (C=O) groups excluding carboxylic acids is 1. The van der Waals surface area contributed by atoms with Gasteiger partial charge in [-0.25, -0.2) is 9.07 Å². The van der Waals surface area contributed by atoms with Gasteiger partial charge in [0.1, 0.15) is 5.82 Å². The van der Waals surface area contributed by atoms with Gasteiger partial charge in [0.15, 0.2) is 5.78 Å². The van der Waals surface area contributed by atoms with Gasteiger partial charge in [0.25, 0.3) is 0 Å². The lowest BCUT2D eigenvalue weighted by atomic mass is 9.81. The molecule has 1 aromatic heterocycles. The van der Waals surface area contributed by atoms with Crippen molar-refractivity contribution in [2.24, 2.45) is 0 Å². The molecule has 1 aliphatic rings. The summed E-state index contributed by atoms with van der Waals surface area (Å²) in [6, 6.07) is 14.6. The molecule has 1 unspecified atom stereocenters. The third-order valence-electron chi connectivity index (χ3n) is 4.89. The molecule has 0 N–H and O–H groups in total. The number of hydrogen-bond acceptors (Lipinski definition) is 2. The molecule has 2 aromatic carbocycles. The summed E-state index contributed by atoms with van der Waals surface area (Å²) < 4.78 is 15.0. The second-order valence-corrected chi connectivity index (χ2v) is 6.74. The minimum atomic E-state index is -0.282. The molecule has 3 nitrogen and oxygen atoms in total. The normalized spacial score (nSPS) is 16.8. The lowest BCUT2D eigenvalue weighted by Crippen LogP contribution is -2.20. The Balaban J connectivity index is 1.79. The van der Waals surface area contributed by atoms with Crippen molar-refractivity contribution in [1.82, 2.24) is 9.78 Å². The van der Waals surface area contributed by atoms with Crippen LogP contribution in [-0.2, 0) is 6.42 Å². The number of benzene rings is 2. The van der Waals surface area contributed by atoms with Gasteiger partial charge in [0.05, 0.1) is 22.6 Å². The number of rotatable bonds is 2. The molecule has 0 aliphatic heterocycles. The summed E-state index contributed by atoms with van der Waals surface area (Å²) >= 11 is 0. The minimum Gasteiger partial charge on any atom is -0.294 e. The molecule has 0 radical (unpaired) electrons. The van der Waals surface area contributed by atoms with E-state index in [2.05, 4.69) is 30.2 Å². The second-order valence-electron chi connectivity index (χ2n) is 6.74. The van der Waals surface area contributed by atoms with Crippen LogP contribution >= 0.6 is 0 Å². The van der Waals surface area contributed by atoms with Crippen molar-refractivity contribution in [2.75, 3.05) is 0 Å². The van der Waals surface area contributed by atoms with Crippen LogP contribution in [0.15, 0.2) is 48.5 Å². The monoisotopic (exact) mass is 334 g/mol. The Morgan fingerprint density at radius 3 is 2.56 bits per heavy atom. The lowest BCUT2D eigenvalue weighted by Gasteiger charge is -2.23. The largest absolute Gasteiger partial charge is 0.294 e. The smallest absolute Gasteiger partial charge is 0.167 e. The van der Waals surface area contributed by atoms with E-state index in [9.17, 15) is 9.18 Å². The number of nitrogens with zero attached hydrogens (tertiary/aromatic N) is 2. The SMILES string of the molecule is Cc1cccc(C2CC(=O)c3c(C)nn(-c4ccc(F)cc4)c3C2)c1. The molecule has 1 atom stereocenters. The van der Waals surface area contributed by atoms with E-state index in [0.717, 1.165) is 29.1 Å². The summed E-state index contributed by atoms with van der Waals surface area (Å²) in [5.41, 5.74) is 5.55. The molecule has 126 valence electrons. The maximum Gasteiger partial charge on any atom is 0.167 e. The van der Waals surface area contributed by atoms with Crippen LogP contribution in [0, 0.1) is 19.7 Å². The fraction of sp³-hybridized carbons (Fsp3) is 0.238. The van der Waals surface area contributed by atoms with Gasteiger partial charge in [-0.2, -0.15) is 5.10 Å². The van der Waals surface area contributed by atoms with E-state index in [1.807, 2.05) is 13.0 Å². The predicted octanol–water partition coefficient (Wildman–Crippen LogP) is 4.54. The molecule has 3 aromatic rings. The average molecular weight is 334 g/mol. The molecule has 0 saturated carbocycles. The Bertz CT molecular complexity index is 957. The van der Waals surface area contributed by atoms with Gasteiger partial charge in [-0.05, 0) is 56.0 Å². The molecule has 0 amide bonds. The second kappa shape index (κ2) is 5.96. The van der Waals surface area contributed by atoms with Crippen LogP contribution in [0.4, 0.5) is 4.39 Å². The number of halogens is 1. The number of Topliss-reactive ketones (excluding diaryl/α,β-unsaturated/α-hetero) is 1. The number of hydrogen-bond donors (Lipinski definition) is 0. The van der Waals surface area contributed by atoms with Crippen molar-refractivity contribution in [2.45, 2.75) is 32.6 Å². The Labute approximate surface area is 146 Å². The highest BCUT2D eigenvalue weighted by molar-refractivity contribution is 6.00. The zero-order chi connectivity index (χ0) is 17.6. The van der Waals surface area contributed by atoms with Gasteiger partial charge >= 0.3 is 0 Å². The van der Waals surface area contributed by atoms with Gasteiger partial charge in [-0.3, -0.25) is 4.79 Å². The van der Waals surface area contributed by atoms with Crippen LogP contribution in [0.5, 0.6) is 0 Å². The van der Waals surface area contributed by atoms with Crippen molar-refractivity contribution in [3.05, 3.63) is 82.4 Å². The van der Waals surface area contributed by atoms with Crippen molar-refractivity contribution >= 4 is 5.78 Å². The van der Waals surface area contributed by atoms with Crippen LogP contribution in [0.2, 0.25) is 0 Å². The van der Waals surface area contributed by atoms with Gasteiger partial charge < -0.3 is 0 Å². The summed E-state index contributed by atoms with van der Waals surface area (Å²) in [5, 5.41) is 4.56. The fourth-order valence-electron chi connectivity index (χ4n) is 3.71. The quantitative estimate of drug-likeness (QED) is 0.689. The summed E-state index contributed by atoms with van der Waals surface area (Å²) in [6.45, 7) is 3.93. The van der Waals surface area contributed by atoms with Crippen LogP contribution in [0.3, 0.4) is 0 Å². The maximum atomic E-state index is 13.2. The zero-order valence-electron chi connectivity index (χ0n) is 14.3. The first kappa shape index (κ1) is 15.8. The van der Waals surface area contributed by atoms with E-state index in [4.69, 9.17) is 0 Å². The molecule has 4 rings (SSSR count). The van der Waals surface area contributed by atoms with Gasteiger partial charge in [0.2, 0.25) is 0 Å². The van der Waals surface area contributed by atoms with E-state index in [1.54, 1.807) is 16.8 Å². The molecule has 0 bridgehead atoms. The molecule has 1 aliphatic carbocycles. The molecule has 25 heavy (non-hydrogen) atoms. The third-order valence-corrected chi connectivity index (χ3v) is 4.89. The standard InChI is InChI=1S/C21H19FN2O/c1-13-4-3-5-15(10-13)16-11-19-21(20(25)12-16)14(2)23-24(19)18-8-6-17(22)7-9-18/h3-10,16H,11-12H2,1-2H3. The highest BCUT2D eigenvalue weighted by Gasteiger charge is 2.32. The molecule has 1 heterocycles. The van der Waals surface area contributed by atoms with Crippen molar-refractivity contribution in [3.8, 4) is 5.69 Å². The number of aromatic nitrogens is 2. The molecule has 0 spiro atoms. The summed E-state index contributed by atoms with van der Waals surface area (Å²) in [6.07, 6.45) is 1.26. The highest BCUT2D eigenvalue weighted by atomic mass is 19.1. The molecule has 0 saturated heterocycles. The van der Waals surface area contributed by atoms with E-state index in [0.29, 0.717) is 6.42 Å². The fourth-order valence-corrected chi connectivity index (χ4v) is 3.71. The Hall–Kier alpha value is -2.75. The van der Waals surface area contributed by atoms with Gasteiger partial charge in [-0.1, -0.05) is 29.8 Å². The highest BCUT2D eigenvalue weighted by Crippen LogP contribution is 2.35. The molecule has 0 fully saturated rings. The Kier molecular flexibility index (Phi) is 3.75. The van der Waals surface area contributed by atoms with Crippen LogP contribution in [0.25, 0.3) is 5.69 Å². The Morgan fingerprint density at radius 2 is 1.84 bits per heavy atom. The van der Waals surface area contributed by atoms with Gasteiger partial charge in [-0.15, -0.1) is 0 Å². The first-order valence-electron chi connectivity index (χ1n) is 8.47. The average Bonchev–Trinajstić information content (AvgIpc) is 2.93. The van der Waals surface area contributed by atoms with E-state index >= 15 is 0 Å². The number of fused-ring (bicyclic) bond motifs is 1. The van der Waals surface area contributed by atoms with E-state index < -0.39 is 0 Å². The van der Waals surface area contributed by atoms with Crippen molar-refractivity contribution < 1.29 is 9.18 Å². The van der Waals surface area contributed by atoms with Crippen molar-refractivity contribution in [1.29, 1.82) is 0 Å². The molecular formula is C21H19FN2O. The summed E-state index contributed by atoms with van der Waals surface area (Å²) in [7, 11) is 0. The van der Waals surface area contributed by atoms with Gasteiger partial charge in [0, 0.05) is 6.42 Å². The van der Waals surface area contributed by atoms with Crippen LogP contribution < -0.4 is 0 Å². The first-order chi connectivity index (χ1) is 12.0. The minimum absolute atomic E-state index is 0.138. The van der Waals surface area contributed by atoms with Crippen LogP contribution in [0.1, 0.15) is 45.2 Å². The van der Waals surface area contributed by atoms with E-state index in [1.165, 1.54) is 23.3 Å². The van der Waals surface area contributed by atoms with E-state index in [-0.39, 0.29) is 17.5 Å². The zero-order valence-corrected chi connectivity index (χ0v) is 14.3. The predicted molar refractivity (Wildman–Crippen MR) is 94.8 cm³/mol. The molecular weight excluding hydrogens is 315 g/mol. The lowest BCUT2D eigenvalue weighted by molar-refractivity contribution is 0.0963. The van der Waals surface area contributed by atoms with Crippen molar-refractivity contribution in [3.63, 3.8) is 0 Å². The molecule has 4 heteroatoms.